The lowest BCUT2D eigenvalue weighted by molar-refractivity contribution is 0.0902. The van der Waals surface area contributed by atoms with Gasteiger partial charge in [0.2, 0.25) is 0 Å². The number of carbonyl (C=O) groups is 1. The first-order valence-electron chi connectivity index (χ1n) is 6.02. The summed E-state index contributed by atoms with van der Waals surface area (Å²) >= 11 is 3.34. The number of halogens is 1. The van der Waals surface area contributed by atoms with Gasteiger partial charge >= 0.3 is 0 Å². The van der Waals surface area contributed by atoms with E-state index in [9.17, 15) is 9.90 Å². The Morgan fingerprint density at radius 3 is 2.72 bits per heavy atom. The number of nitrogens with one attached hydrogen (secondary N) is 1. The molecule has 0 saturated carbocycles. The Hall–Kier alpha value is -0.870. The number of carbonyl (C=O) groups excluding carboxylic acids is 1. The Balaban J connectivity index is 2.56. The zero-order chi connectivity index (χ0) is 13.8. The van der Waals surface area contributed by atoms with Crippen LogP contribution in [0.2, 0.25) is 0 Å². The lowest BCUT2D eigenvalue weighted by atomic mass is 9.87. The average Bonchev–Trinajstić information content (AvgIpc) is 2.24. The molecule has 0 aliphatic carbocycles. The summed E-state index contributed by atoms with van der Waals surface area (Å²) in [5.41, 5.74) is 0.521. The maximum Gasteiger partial charge on any atom is 0.251 e. The fourth-order valence-corrected chi connectivity index (χ4v) is 2.32. The lowest BCUT2D eigenvalue weighted by Crippen LogP contribution is -2.35. The van der Waals surface area contributed by atoms with E-state index in [0.29, 0.717) is 18.5 Å². The van der Waals surface area contributed by atoms with Gasteiger partial charge in [0.05, 0.1) is 6.10 Å². The van der Waals surface area contributed by atoms with Crippen LogP contribution < -0.4 is 5.32 Å². The molecule has 0 aliphatic heterocycles. The van der Waals surface area contributed by atoms with Gasteiger partial charge in [0.15, 0.2) is 0 Å². The molecule has 0 bridgehead atoms. The fraction of sp³-hybridized carbons (Fsp3) is 0.500. The van der Waals surface area contributed by atoms with Gasteiger partial charge in [0, 0.05) is 16.6 Å². The first kappa shape index (κ1) is 15.2. The second kappa shape index (κ2) is 6.34. The summed E-state index contributed by atoms with van der Waals surface area (Å²) in [6, 6.07) is 7.28. The largest absolute Gasteiger partial charge is 0.393 e. The molecule has 2 N–H and O–H groups in total. The number of aliphatic hydroxyl groups excluding tert-OH is 1. The normalized spacial score (nSPS) is 13.2. The van der Waals surface area contributed by atoms with Crippen LogP contribution >= 0.6 is 15.9 Å². The Morgan fingerprint density at radius 1 is 1.50 bits per heavy atom. The SMILES string of the molecule is CC(O)CC(C)(C)CNC(=O)c1cccc(Br)c1. The third-order valence-corrected chi connectivity index (χ3v) is 3.16. The van der Waals surface area contributed by atoms with Gasteiger partial charge in [-0.25, -0.2) is 0 Å². The van der Waals surface area contributed by atoms with Gasteiger partial charge < -0.3 is 10.4 Å². The summed E-state index contributed by atoms with van der Waals surface area (Å²) in [7, 11) is 0. The van der Waals surface area contributed by atoms with Crippen LogP contribution in [0.25, 0.3) is 0 Å². The molecular weight excluding hydrogens is 294 g/mol. The van der Waals surface area contributed by atoms with Crippen molar-refractivity contribution in [2.24, 2.45) is 5.41 Å². The molecule has 0 radical (unpaired) electrons. The van der Waals surface area contributed by atoms with Gasteiger partial charge in [-0.15, -0.1) is 0 Å². The van der Waals surface area contributed by atoms with Crippen molar-refractivity contribution in [3.63, 3.8) is 0 Å². The third-order valence-electron chi connectivity index (χ3n) is 2.66. The lowest BCUT2D eigenvalue weighted by Gasteiger charge is -2.26. The minimum Gasteiger partial charge on any atom is -0.393 e. The molecule has 1 atom stereocenters. The van der Waals surface area contributed by atoms with Gasteiger partial charge in [0.1, 0.15) is 0 Å². The van der Waals surface area contributed by atoms with Crippen molar-refractivity contribution < 1.29 is 9.90 Å². The first-order valence-corrected chi connectivity index (χ1v) is 6.81. The van der Waals surface area contributed by atoms with Crippen LogP contribution in [0.3, 0.4) is 0 Å². The highest BCUT2D eigenvalue weighted by atomic mass is 79.9. The van der Waals surface area contributed by atoms with Crippen LogP contribution in [0.15, 0.2) is 28.7 Å². The highest BCUT2D eigenvalue weighted by Gasteiger charge is 2.21. The number of rotatable bonds is 5. The minimum atomic E-state index is -0.359. The summed E-state index contributed by atoms with van der Waals surface area (Å²) < 4.78 is 0.887. The quantitative estimate of drug-likeness (QED) is 0.878. The molecule has 4 heteroatoms. The zero-order valence-electron chi connectivity index (χ0n) is 11.0. The van der Waals surface area contributed by atoms with Gasteiger partial charge in [-0.1, -0.05) is 35.8 Å². The van der Waals surface area contributed by atoms with Gasteiger partial charge in [0.25, 0.3) is 5.91 Å². The summed E-state index contributed by atoms with van der Waals surface area (Å²) in [5, 5.41) is 12.3. The second-order valence-electron chi connectivity index (χ2n) is 5.41. The van der Waals surface area contributed by atoms with Crippen LogP contribution in [0.1, 0.15) is 37.6 Å². The summed E-state index contributed by atoms with van der Waals surface area (Å²) in [6.45, 7) is 6.36. The molecule has 18 heavy (non-hydrogen) atoms. The Bertz CT molecular complexity index is 416. The Morgan fingerprint density at radius 2 is 2.17 bits per heavy atom. The molecular formula is C14H20BrNO2. The first-order chi connectivity index (χ1) is 8.30. The van der Waals surface area contributed by atoms with Gasteiger partial charge in [-0.2, -0.15) is 0 Å². The number of hydrogen-bond donors (Lipinski definition) is 2. The molecule has 0 aliphatic rings. The number of amides is 1. The van der Waals surface area contributed by atoms with Crippen molar-refractivity contribution in [2.45, 2.75) is 33.3 Å². The van der Waals surface area contributed by atoms with E-state index >= 15 is 0 Å². The summed E-state index contributed by atoms with van der Waals surface area (Å²) in [5.74, 6) is -0.0880. The van der Waals surface area contributed by atoms with E-state index in [1.807, 2.05) is 26.0 Å². The molecule has 1 rings (SSSR count). The van der Waals surface area contributed by atoms with E-state index in [-0.39, 0.29) is 17.4 Å². The van der Waals surface area contributed by atoms with E-state index < -0.39 is 0 Å². The molecule has 0 spiro atoms. The van der Waals surface area contributed by atoms with Crippen LogP contribution in [0.4, 0.5) is 0 Å². The monoisotopic (exact) mass is 313 g/mol. The number of benzene rings is 1. The average molecular weight is 314 g/mol. The molecule has 1 aromatic rings. The molecule has 0 saturated heterocycles. The molecule has 100 valence electrons. The predicted molar refractivity (Wildman–Crippen MR) is 76.6 cm³/mol. The predicted octanol–water partition coefficient (Wildman–Crippen LogP) is 2.98. The summed E-state index contributed by atoms with van der Waals surface area (Å²) in [4.78, 5) is 11.9. The van der Waals surface area contributed by atoms with Crippen LogP contribution in [0, 0.1) is 5.41 Å². The van der Waals surface area contributed by atoms with E-state index in [1.54, 1.807) is 19.1 Å². The van der Waals surface area contributed by atoms with Crippen LogP contribution in [-0.4, -0.2) is 23.7 Å². The van der Waals surface area contributed by atoms with Crippen molar-refractivity contribution in [2.75, 3.05) is 6.54 Å². The smallest absolute Gasteiger partial charge is 0.251 e. The van der Waals surface area contributed by atoms with Gasteiger partial charge in [-0.05, 0) is 37.0 Å². The Kier molecular flexibility index (Phi) is 5.35. The van der Waals surface area contributed by atoms with Crippen LogP contribution in [-0.2, 0) is 0 Å². The van der Waals surface area contributed by atoms with Crippen molar-refractivity contribution in [1.29, 1.82) is 0 Å². The highest BCUT2D eigenvalue weighted by molar-refractivity contribution is 9.10. The molecule has 1 unspecified atom stereocenters. The van der Waals surface area contributed by atoms with Crippen molar-refractivity contribution in [3.8, 4) is 0 Å². The molecule has 1 aromatic carbocycles. The molecule has 0 aromatic heterocycles. The topological polar surface area (TPSA) is 49.3 Å². The van der Waals surface area contributed by atoms with E-state index in [1.165, 1.54) is 0 Å². The second-order valence-corrected chi connectivity index (χ2v) is 6.33. The van der Waals surface area contributed by atoms with Crippen molar-refractivity contribution in [1.82, 2.24) is 5.32 Å². The molecule has 3 nitrogen and oxygen atoms in total. The molecule has 0 heterocycles. The standard InChI is InChI=1S/C14H20BrNO2/c1-10(17)8-14(2,3)9-16-13(18)11-5-4-6-12(15)7-11/h4-7,10,17H,8-9H2,1-3H3,(H,16,18). The van der Waals surface area contributed by atoms with Crippen molar-refractivity contribution in [3.05, 3.63) is 34.3 Å². The van der Waals surface area contributed by atoms with E-state index in [4.69, 9.17) is 0 Å². The van der Waals surface area contributed by atoms with E-state index in [2.05, 4.69) is 21.2 Å². The minimum absolute atomic E-state index is 0.0880. The fourth-order valence-electron chi connectivity index (χ4n) is 1.92. The molecule has 1 amide bonds. The van der Waals surface area contributed by atoms with E-state index in [0.717, 1.165) is 4.47 Å². The Labute approximate surface area is 117 Å². The summed E-state index contributed by atoms with van der Waals surface area (Å²) in [6.07, 6.45) is 0.300. The van der Waals surface area contributed by atoms with Crippen molar-refractivity contribution >= 4 is 21.8 Å². The maximum absolute atomic E-state index is 11.9. The highest BCUT2D eigenvalue weighted by Crippen LogP contribution is 2.21. The maximum atomic E-state index is 11.9. The molecule has 0 fully saturated rings. The van der Waals surface area contributed by atoms with Gasteiger partial charge in [-0.3, -0.25) is 4.79 Å². The number of aliphatic hydroxyl groups is 1. The van der Waals surface area contributed by atoms with Crippen LogP contribution in [0.5, 0.6) is 0 Å². The third kappa shape index (κ3) is 5.19. The number of hydrogen-bond acceptors (Lipinski definition) is 2. The zero-order valence-corrected chi connectivity index (χ0v) is 12.6.